The monoisotopic (exact) mass is 252 g/mol. The third kappa shape index (κ3) is 2.03. The van der Waals surface area contributed by atoms with Gasteiger partial charge in [-0.15, -0.1) is 0 Å². The van der Waals surface area contributed by atoms with Gasteiger partial charge in [0, 0.05) is 0 Å². The summed E-state index contributed by atoms with van der Waals surface area (Å²) in [6, 6.07) is 0. The molecule has 3 rings (SSSR count). The van der Waals surface area contributed by atoms with Crippen LogP contribution in [0.1, 0.15) is 53.4 Å². The Morgan fingerprint density at radius 3 is 1.67 bits per heavy atom. The molecule has 0 spiro atoms. The van der Waals surface area contributed by atoms with E-state index in [-0.39, 0.29) is 5.73 Å². The molecule has 0 aromatic carbocycles. The van der Waals surface area contributed by atoms with Crippen LogP contribution in [-0.2, 0) is 9.31 Å². The highest BCUT2D eigenvalue weighted by atomic mass is 19.1. The van der Waals surface area contributed by atoms with Crippen molar-refractivity contribution in [1.29, 1.82) is 0 Å². The molecular formula is C14H22BFO2. The van der Waals surface area contributed by atoms with E-state index in [0.717, 1.165) is 31.3 Å². The van der Waals surface area contributed by atoms with Gasteiger partial charge in [-0.1, -0.05) is 0 Å². The third-order valence-electron chi connectivity index (χ3n) is 4.77. The van der Waals surface area contributed by atoms with Crippen LogP contribution in [0, 0.1) is 11.8 Å². The van der Waals surface area contributed by atoms with Crippen LogP contribution in [-0.4, -0.2) is 18.3 Å². The van der Waals surface area contributed by atoms with Crippen LogP contribution in [0.3, 0.4) is 0 Å². The molecule has 1 saturated heterocycles. The van der Waals surface area contributed by atoms with Gasteiger partial charge >= 0.3 is 7.12 Å². The summed E-state index contributed by atoms with van der Waals surface area (Å²) in [6.07, 6.45) is 4.55. The summed E-state index contributed by atoms with van der Waals surface area (Å²) in [4.78, 5) is 0. The Morgan fingerprint density at radius 2 is 1.33 bits per heavy atom. The summed E-state index contributed by atoms with van der Waals surface area (Å²) in [5, 5.41) is 0. The van der Waals surface area contributed by atoms with Gasteiger partial charge in [-0.3, -0.25) is 0 Å². The first kappa shape index (κ1) is 12.7. The molecule has 0 aromatic heterocycles. The molecule has 1 heterocycles. The van der Waals surface area contributed by atoms with Crippen molar-refractivity contribution in [3.63, 3.8) is 0 Å². The minimum absolute atomic E-state index is 0.126. The fraction of sp³-hybridized carbons (Fsp3) is 0.857. The fourth-order valence-electron chi connectivity index (χ4n) is 2.59. The van der Waals surface area contributed by atoms with Gasteiger partial charge in [-0.25, -0.2) is 4.39 Å². The van der Waals surface area contributed by atoms with Gasteiger partial charge in [0.1, 0.15) is 5.73 Å². The summed E-state index contributed by atoms with van der Waals surface area (Å²) in [5.41, 5.74) is -0.0207. The zero-order valence-corrected chi connectivity index (χ0v) is 11.8. The van der Waals surface area contributed by atoms with E-state index in [1.165, 1.54) is 0 Å². The Morgan fingerprint density at radius 1 is 0.944 bits per heavy atom. The van der Waals surface area contributed by atoms with Crippen LogP contribution in [0.25, 0.3) is 0 Å². The fourth-order valence-corrected chi connectivity index (χ4v) is 2.59. The van der Waals surface area contributed by atoms with Crippen molar-refractivity contribution >= 4 is 7.12 Å². The molecule has 3 fully saturated rings. The largest absolute Gasteiger partial charge is 0.525 e. The first-order valence-corrected chi connectivity index (χ1v) is 7.07. The molecular weight excluding hydrogens is 230 g/mol. The summed E-state index contributed by atoms with van der Waals surface area (Å²) >= 11 is 0. The van der Waals surface area contributed by atoms with Crippen LogP contribution >= 0.6 is 0 Å². The quantitative estimate of drug-likeness (QED) is 0.713. The molecule has 0 N–H and O–H groups in total. The molecule has 1 aliphatic heterocycles. The topological polar surface area (TPSA) is 18.5 Å². The van der Waals surface area contributed by atoms with Crippen LogP contribution in [0.4, 0.5) is 4.39 Å². The molecule has 0 bridgehead atoms. The van der Waals surface area contributed by atoms with Gasteiger partial charge in [-0.2, -0.15) is 0 Å². The molecule has 3 aliphatic rings. The van der Waals surface area contributed by atoms with Crippen molar-refractivity contribution in [2.75, 3.05) is 0 Å². The maximum absolute atomic E-state index is 14.7. The Kier molecular flexibility index (Phi) is 2.70. The summed E-state index contributed by atoms with van der Waals surface area (Å²) < 4.78 is 26.3. The SMILES string of the molecule is CC1(C)OB(C(F)=C(C2CC2)C2CC2)OC1(C)C. The van der Waals surface area contributed by atoms with E-state index in [0.29, 0.717) is 11.8 Å². The second-order valence-electron chi connectivity index (χ2n) is 6.94. The highest BCUT2D eigenvalue weighted by Gasteiger charge is 2.55. The van der Waals surface area contributed by atoms with Crippen molar-refractivity contribution in [3.8, 4) is 0 Å². The van der Waals surface area contributed by atoms with Gasteiger partial charge in [0.25, 0.3) is 0 Å². The number of hydrogen-bond donors (Lipinski definition) is 0. The van der Waals surface area contributed by atoms with E-state index in [4.69, 9.17) is 9.31 Å². The normalized spacial score (nSPS) is 29.5. The van der Waals surface area contributed by atoms with E-state index in [1.807, 2.05) is 27.7 Å². The predicted molar refractivity (Wildman–Crippen MR) is 69.7 cm³/mol. The number of rotatable bonds is 3. The zero-order valence-electron chi connectivity index (χ0n) is 11.8. The van der Waals surface area contributed by atoms with Gasteiger partial charge in [0.15, 0.2) is 0 Å². The molecule has 0 aromatic rings. The first-order valence-electron chi connectivity index (χ1n) is 7.07. The van der Waals surface area contributed by atoms with Gasteiger partial charge < -0.3 is 9.31 Å². The number of allylic oxidation sites excluding steroid dienone is 1. The van der Waals surface area contributed by atoms with Crippen molar-refractivity contribution in [1.82, 2.24) is 0 Å². The van der Waals surface area contributed by atoms with E-state index in [9.17, 15) is 4.39 Å². The summed E-state index contributed by atoms with van der Waals surface area (Å²) in [7, 11) is -0.786. The third-order valence-corrected chi connectivity index (χ3v) is 4.77. The lowest BCUT2D eigenvalue weighted by atomic mass is 9.82. The molecule has 2 aliphatic carbocycles. The molecule has 0 radical (unpaired) electrons. The Labute approximate surface area is 109 Å². The summed E-state index contributed by atoms with van der Waals surface area (Å²) in [5.74, 6) is 0.938. The smallest absolute Gasteiger partial charge is 0.398 e. The predicted octanol–water partition coefficient (Wildman–Crippen LogP) is 3.66. The highest BCUT2D eigenvalue weighted by molar-refractivity contribution is 6.53. The lowest BCUT2D eigenvalue weighted by Crippen LogP contribution is -2.41. The van der Waals surface area contributed by atoms with E-state index in [2.05, 4.69) is 0 Å². The standard InChI is InChI=1S/C14H22BFO2/c1-13(2)14(3,4)18-15(17-13)12(16)11(9-5-6-9)10-7-8-10/h9-10H,5-8H2,1-4H3. The molecule has 4 heteroatoms. The summed E-state index contributed by atoms with van der Waals surface area (Å²) in [6.45, 7) is 7.87. The van der Waals surface area contributed by atoms with Gasteiger partial charge in [0.05, 0.1) is 11.2 Å². The Bertz CT molecular complexity index is 365. The molecule has 0 atom stereocenters. The van der Waals surface area contributed by atoms with Gasteiger partial charge in [-0.05, 0) is 70.8 Å². The number of halogens is 1. The zero-order chi connectivity index (χ0) is 13.1. The lowest BCUT2D eigenvalue weighted by Gasteiger charge is -2.32. The van der Waals surface area contributed by atoms with Crippen LogP contribution < -0.4 is 0 Å². The minimum atomic E-state index is -0.786. The lowest BCUT2D eigenvalue weighted by molar-refractivity contribution is 0.00578. The molecule has 2 nitrogen and oxygen atoms in total. The van der Waals surface area contributed by atoms with Crippen molar-refractivity contribution < 1.29 is 13.7 Å². The van der Waals surface area contributed by atoms with Crippen LogP contribution in [0.5, 0.6) is 0 Å². The maximum atomic E-state index is 14.7. The minimum Gasteiger partial charge on any atom is -0.398 e. The number of hydrogen-bond acceptors (Lipinski definition) is 2. The van der Waals surface area contributed by atoms with Crippen molar-refractivity contribution in [3.05, 3.63) is 11.3 Å². The molecule has 0 unspecified atom stereocenters. The van der Waals surface area contributed by atoms with Crippen LogP contribution in [0.2, 0.25) is 0 Å². The van der Waals surface area contributed by atoms with Gasteiger partial charge in [0.2, 0.25) is 0 Å². The second-order valence-corrected chi connectivity index (χ2v) is 6.94. The average molecular weight is 252 g/mol. The average Bonchev–Trinajstić information content (AvgIpc) is 3.09. The second kappa shape index (κ2) is 3.83. The van der Waals surface area contributed by atoms with Crippen molar-refractivity contribution in [2.24, 2.45) is 11.8 Å². The van der Waals surface area contributed by atoms with E-state index in [1.54, 1.807) is 0 Å². The first-order chi connectivity index (χ1) is 8.32. The van der Waals surface area contributed by atoms with Crippen molar-refractivity contribution in [2.45, 2.75) is 64.6 Å². The molecule has 0 amide bonds. The molecule has 18 heavy (non-hydrogen) atoms. The Hall–Kier alpha value is -0.345. The maximum Gasteiger partial charge on any atom is 0.525 e. The Balaban J connectivity index is 1.85. The molecule has 2 saturated carbocycles. The van der Waals surface area contributed by atoms with E-state index < -0.39 is 18.3 Å². The molecule has 100 valence electrons. The van der Waals surface area contributed by atoms with Crippen LogP contribution in [0.15, 0.2) is 11.3 Å². The highest BCUT2D eigenvalue weighted by Crippen LogP contribution is 2.52. The van der Waals surface area contributed by atoms with E-state index >= 15 is 0 Å².